The van der Waals surface area contributed by atoms with Crippen molar-refractivity contribution in [2.45, 2.75) is 62.4 Å². The monoisotopic (exact) mass is 491 g/mol. The summed E-state index contributed by atoms with van der Waals surface area (Å²) >= 11 is 1.25. The van der Waals surface area contributed by atoms with E-state index in [9.17, 15) is 14.4 Å². The number of ketones is 1. The zero-order valence-corrected chi connectivity index (χ0v) is 20.4. The molecule has 1 aliphatic heterocycles. The zero-order chi connectivity index (χ0) is 24.2. The minimum absolute atomic E-state index is 0.0293. The van der Waals surface area contributed by atoms with E-state index in [-0.39, 0.29) is 35.1 Å². The van der Waals surface area contributed by atoms with Crippen molar-refractivity contribution in [1.82, 2.24) is 14.9 Å². The molecule has 3 aromatic rings. The smallest absolute Gasteiger partial charge is 0.262 e. The average molecular weight is 492 g/mol. The van der Waals surface area contributed by atoms with Crippen molar-refractivity contribution in [3.8, 4) is 0 Å². The molecule has 1 aliphatic carbocycles. The summed E-state index contributed by atoms with van der Waals surface area (Å²) in [5.74, 6) is -0.00842. The first-order chi connectivity index (χ1) is 17.1. The molecule has 0 unspecified atom stereocenters. The van der Waals surface area contributed by atoms with E-state index in [1.165, 1.54) is 11.8 Å². The first-order valence-corrected chi connectivity index (χ1v) is 13.2. The fraction of sp³-hybridized carbons (Fsp3) is 0.407. The number of benzene rings is 2. The second-order valence-corrected chi connectivity index (χ2v) is 10.2. The number of Topliss-reactive ketones (excluding diaryl/α,β-unsaturated/α-hetero) is 1. The molecule has 0 spiro atoms. The van der Waals surface area contributed by atoms with Crippen molar-refractivity contribution in [2.24, 2.45) is 0 Å². The maximum absolute atomic E-state index is 13.5. The Kier molecular flexibility index (Phi) is 7.29. The van der Waals surface area contributed by atoms with Crippen LogP contribution in [-0.2, 0) is 11.3 Å². The van der Waals surface area contributed by atoms with E-state index in [2.05, 4.69) is 5.32 Å². The topological polar surface area (TPSA) is 90.3 Å². The molecule has 1 saturated heterocycles. The third kappa shape index (κ3) is 5.49. The minimum atomic E-state index is -0.178. The van der Waals surface area contributed by atoms with Crippen LogP contribution in [0.5, 0.6) is 0 Å². The minimum Gasteiger partial charge on any atom is -0.376 e. The average Bonchev–Trinajstić information content (AvgIpc) is 3.59. The van der Waals surface area contributed by atoms with Gasteiger partial charge in [0.25, 0.3) is 11.5 Å². The van der Waals surface area contributed by atoms with Gasteiger partial charge in [-0.3, -0.25) is 19.0 Å². The summed E-state index contributed by atoms with van der Waals surface area (Å²) in [6.45, 7) is 1.09. The quantitative estimate of drug-likeness (QED) is 0.288. The van der Waals surface area contributed by atoms with Gasteiger partial charge in [0.15, 0.2) is 10.9 Å². The van der Waals surface area contributed by atoms with Crippen molar-refractivity contribution in [1.29, 1.82) is 0 Å². The molecule has 35 heavy (non-hydrogen) atoms. The molecule has 1 N–H and O–H groups in total. The van der Waals surface area contributed by atoms with Gasteiger partial charge in [0, 0.05) is 23.8 Å². The predicted octanol–water partition coefficient (Wildman–Crippen LogP) is 4.22. The zero-order valence-electron chi connectivity index (χ0n) is 19.6. The lowest BCUT2D eigenvalue weighted by atomic mass is 10.1. The summed E-state index contributed by atoms with van der Waals surface area (Å²) in [6, 6.07) is 14.4. The van der Waals surface area contributed by atoms with Gasteiger partial charge in [-0.1, -0.05) is 54.9 Å². The highest BCUT2D eigenvalue weighted by Gasteiger charge is 2.22. The molecule has 2 aliphatic rings. The fourth-order valence-electron chi connectivity index (χ4n) is 4.78. The van der Waals surface area contributed by atoms with Crippen LogP contribution in [0, 0.1) is 0 Å². The van der Waals surface area contributed by atoms with Gasteiger partial charge in [0.1, 0.15) is 0 Å². The van der Waals surface area contributed by atoms with Gasteiger partial charge < -0.3 is 10.1 Å². The molecular formula is C27H29N3O4S. The van der Waals surface area contributed by atoms with Crippen LogP contribution in [0.4, 0.5) is 0 Å². The highest BCUT2D eigenvalue weighted by Crippen LogP contribution is 2.23. The number of rotatable bonds is 8. The van der Waals surface area contributed by atoms with Crippen molar-refractivity contribution < 1.29 is 14.3 Å². The van der Waals surface area contributed by atoms with Crippen molar-refractivity contribution in [2.75, 3.05) is 12.4 Å². The van der Waals surface area contributed by atoms with E-state index in [0.29, 0.717) is 40.3 Å². The van der Waals surface area contributed by atoms with E-state index < -0.39 is 0 Å². The molecule has 2 fully saturated rings. The molecule has 1 amide bonds. The van der Waals surface area contributed by atoms with E-state index in [1.807, 2.05) is 18.2 Å². The molecular weight excluding hydrogens is 462 g/mol. The number of hydrogen-bond acceptors (Lipinski definition) is 6. The second kappa shape index (κ2) is 10.7. The number of nitrogens with one attached hydrogen (secondary N) is 1. The summed E-state index contributed by atoms with van der Waals surface area (Å²) in [7, 11) is 0. The summed E-state index contributed by atoms with van der Waals surface area (Å²) in [5.41, 5.74) is 1.40. The van der Waals surface area contributed by atoms with Crippen molar-refractivity contribution in [3.05, 3.63) is 70.0 Å². The predicted molar refractivity (Wildman–Crippen MR) is 136 cm³/mol. The Labute approximate surface area is 208 Å². The summed E-state index contributed by atoms with van der Waals surface area (Å²) in [6.07, 6.45) is 6.08. The standard InChI is InChI=1S/C27H29N3O4S/c31-24(18-7-2-1-3-8-18)17-35-27-29-23-15-19(25(32)28-20-9-4-5-10-20)12-13-22(23)26(33)30(27)16-21-11-6-14-34-21/h1-3,7-8,12-13,15,20-21H,4-6,9-11,14,16-17H2,(H,28,32)/t21-/m0/s1. The fourth-order valence-corrected chi connectivity index (χ4v) is 5.68. The molecule has 1 saturated carbocycles. The van der Waals surface area contributed by atoms with Crippen LogP contribution in [0.3, 0.4) is 0 Å². The van der Waals surface area contributed by atoms with Gasteiger partial charge >= 0.3 is 0 Å². The number of ether oxygens (including phenoxy) is 1. The maximum atomic E-state index is 13.5. The Morgan fingerprint density at radius 1 is 1.03 bits per heavy atom. The second-order valence-electron chi connectivity index (χ2n) is 9.21. The van der Waals surface area contributed by atoms with Crippen LogP contribution >= 0.6 is 11.8 Å². The molecule has 0 radical (unpaired) electrons. The lowest BCUT2D eigenvalue weighted by Gasteiger charge is -2.17. The third-order valence-corrected chi connectivity index (χ3v) is 7.69. The Hall–Kier alpha value is -2.97. The molecule has 5 rings (SSSR count). The van der Waals surface area contributed by atoms with Crippen molar-refractivity contribution >= 4 is 34.4 Å². The molecule has 1 aromatic heterocycles. The first-order valence-electron chi connectivity index (χ1n) is 12.3. The molecule has 2 aromatic carbocycles. The molecule has 1 atom stereocenters. The summed E-state index contributed by atoms with van der Waals surface area (Å²) < 4.78 is 7.40. The van der Waals surface area contributed by atoms with Crippen LogP contribution in [0.15, 0.2) is 58.5 Å². The van der Waals surface area contributed by atoms with Gasteiger partial charge in [-0.05, 0) is 43.9 Å². The van der Waals surface area contributed by atoms with Gasteiger partial charge in [0.2, 0.25) is 0 Å². The van der Waals surface area contributed by atoms with Gasteiger partial charge in [-0.2, -0.15) is 0 Å². The van der Waals surface area contributed by atoms with Crippen LogP contribution in [-0.4, -0.2) is 45.7 Å². The number of nitrogens with zero attached hydrogens (tertiary/aromatic N) is 2. The Morgan fingerprint density at radius 3 is 2.57 bits per heavy atom. The van der Waals surface area contributed by atoms with E-state index in [0.717, 1.165) is 38.5 Å². The Morgan fingerprint density at radius 2 is 1.83 bits per heavy atom. The number of amides is 1. The molecule has 7 nitrogen and oxygen atoms in total. The normalized spacial score (nSPS) is 18.2. The van der Waals surface area contributed by atoms with Crippen LogP contribution < -0.4 is 10.9 Å². The number of thioether (sulfide) groups is 1. The van der Waals surface area contributed by atoms with E-state index >= 15 is 0 Å². The van der Waals surface area contributed by atoms with Gasteiger partial charge in [0.05, 0.1) is 29.3 Å². The summed E-state index contributed by atoms with van der Waals surface area (Å²) in [4.78, 5) is 43.7. The molecule has 2 heterocycles. The molecule has 8 heteroatoms. The summed E-state index contributed by atoms with van der Waals surface area (Å²) in [5, 5.41) is 4.02. The van der Waals surface area contributed by atoms with E-state index in [4.69, 9.17) is 9.72 Å². The van der Waals surface area contributed by atoms with Crippen LogP contribution in [0.2, 0.25) is 0 Å². The maximum Gasteiger partial charge on any atom is 0.262 e. The molecule has 182 valence electrons. The Balaban J connectivity index is 1.45. The Bertz CT molecular complexity index is 1280. The number of carbonyl (C=O) groups is 2. The number of hydrogen-bond donors (Lipinski definition) is 1. The molecule has 0 bridgehead atoms. The van der Waals surface area contributed by atoms with Crippen LogP contribution in [0.25, 0.3) is 10.9 Å². The van der Waals surface area contributed by atoms with E-state index in [1.54, 1.807) is 34.9 Å². The largest absolute Gasteiger partial charge is 0.376 e. The number of aromatic nitrogens is 2. The highest BCUT2D eigenvalue weighted by atomic mass is 32.2. The lowest BCUT2D eigenvalue weighted by molar-refractivity contribution is 0.0935. The number of carbonyl (C=O) groups excluding carboxylic acids is 2. The van der Waals surface area contributed by atoms with Crippen molar-refractivity contribution in [3.63, 3.8) is 0 Å². The lowest BCUT2D eigenvalue weighted by Crippen LogP contribution is -2.32. The van der Waals surface area contributed by atoms with Gasteiger partial charge in [-0.25, -0.2) is 4.98 Å². The van der Waals surface area contributed by atoms with Gasteiger partial charge in [-0.15, -0.1) is 0 Å². The first kappa shape index (κ1) is 23.8. The highest BCUT2D eigenvalue weighted by molar-refractivity contribution is 7.99. The number of fused-ring (bicyclic) bond motifs is 1. The van der Waals surface area contributed by atoms with Crippen LogP contribution in [0.1, 0.15) is 59.2 Å². The SMILES string of the molecule is O=C(CSc1nc2cc(C(=O)NC3CCCC3)ccc2c(=O)n1C[C@@H]1CCCO1)c1ccccc1. The third-order valence-electron chi connectivity index (χ3n) is 6.71.